The number of aromatic nitrogens is 2. The minimum Gasteiger partial charge on any atom is -0.326 e. The van der Waals surface area contributed by atoms with Gasteiger partial charge in [-0.15, -0.1) is 11.3 Å². The van der Waals surface area contributed by atoms with Crippen molar-refractivity contribution in [2.75, 3.05) is 10.6 Å². The maximum Gasteiger partial charge on any atom is 0.262 e. The van der Waals surface area contributed by atoms with Crippen molar-refractivity contribution in [1.82, 2.24) is 9.55 Å². The van der Waals surface area contributed by atoms with Crippen LogP contribution in [0.3, 0.4) is 0 Å². The van der Waals surface area contributed by atoms with Crippen molar-refractivity contribution < 1.29 is 9.59 Å². The van der Waals surface area contributed by atoms with Gasteiger partial charge in [0.1, 0.15) is 4.83 Å². The Bertz CT molecular complexity index is 1410. The van der Waals surface area contributed by atoms with Crippen molar-refractivity contribution in [2.24, 2.45) is 0 Å². The van der Waals surface area contributed by atoms with Crippen LogP contribution in [0.15, 0.2) is 59.0 Å². The molecule has 0 radical (unpaired) electrons. The lowest BCUT2D eigenvalue weighted by atomic mass is 10.1. The number of carbonyl (C=O) groups excluding carboxylic acids is 2. The number of hydrogen-bond acceptors (Lipinski definition) is 5. The van der Waals surface area contributed by atoms with Crippen LogP contribution in [-0.4, -0.2) is 21.4 Å². The molecule has 7 nitrogen and oxygen atoms in total. The number of benzene rings is 2. The van der Waals surface area contributed by atoms with Crippen LogP contribution in [0.1, 0.15) is 18.9 Å². The second-order valence-corrected chi connectivity index (χ2v) is 8.88. The van der Waals surface area contributed by atoms with Gasteiger partial charge in [0.2, 0.25) is 11.8 Å². The van der Waals surface area contributed by atoms with E-state index in [4.69, 9.17) is 11.6 Å². The van der Waals surface area contributed by atoms with Gasteiger partial charge in [-0.05, 0) is 30.7 Å². The van der Waals surface area contributed by atoms with Crippen molar-refractivity contribution in [2.45, 2.75) is 26.8 Å². The van der Waals surface area contributed by atoms with Crippen molar-refractivity contribution in [1.29, 1.82) is 0 Å². The number of carbonyl (C=O) groups is 2. The lowest BCUT2D eigenvalue weighted by molar-refractivity contribution is -0.116. The first-order valence-electron chi connectivity index (χ1n) is 10.2. The van der Waals surface area contributed by atoms with Gasteiger partial charge in [0.05, 0.1) is 22.4 Å². The molecular formula is C24H21ClN4O3S. The van der Waals surface area contributed by atoms with Gasteiger partial charge in [0.15, 0.2) is 0 Å². The van der Waals surface area contributed by atoms with E-state index in [0.717, 1.165) is 16.7 Å². The van der Waals surface area contributed by atoms with E-state index < -0.39 is 0 Å². The predicted octanol–water partition coefficient (Wildman–Crippen LogP) is 5.07. The van der Waals surface area contributed by atoms with Gasteiger partial charge >= 0.3 is 0 Å². The molecule has 0 aliphatic carbocycles. The first kappa shape index (κ1) is 22.7. The Morgan fingerprint density at radius 2 is 1.88 bits per heavy atom. The van der Waals surface area contributed by atoms with E-state index in [9.17, 15) is 14.4 Å². The molecule has 2 heterocycles. The molecule has 0 saturated carbocycles. The average Bonchev–Trinajstić information content (AvgIpc) is 3.20. The molecule has 0 aliphatic heterocycles. The van der Waals surface area contributed by atoms with Gasteiger partial charge in [0, 0.05) is 36.5 Å². The van der Waals surface area contributed by atoms with Crippen LogP contribution in [0, 0.1) is 6.92 Å². The Morgan fingerprint density at radius 3 is 2.58 bits per heavy atom. The number of aryl methyl sites for hydroxylation is 2. The molecule has 0 aliphatic rings. The number of rotatable bonds is 6. The highest BCUT2D eigenvalue weighted by Crippen LogP contribution is 2.30. The zero-order chi connectivity index (χ0) is 23.5. The largest absolute Gasteiger partial charge is 0.326 e. The molecule has 33 heavy (non-hydrogen) atoms. The van der Waals surface area contributed by atoms with Crippen LogP contribution in [0.5, 0.6) is 0 Å². The number of nitrogens with one attached hydrogen (secondary N) is 2. The van der Waals surface area contributed by atoms with Crippen LogP contribution < -0.4 is 16.2 Å². The fourth-order valence-electron chi connectivity index (χ4n) is 3.40. The summed E-state index contributed by atoms with van der Waals surface area (Å²) in [5.74, 6) is -0.504. The number of fused-ring (bicyclic) bond motifs is 1. The van der Waals surface area contributed by atoms with Crippen molar-refractivity contribution in [3.8, 4) is 11.1 Å². The minimum absolute atomic E-state index is 0.0855. The van der Waals surface area contributed by atoms with E-state index >= 15 is 0 Å². The number of hydrogen-bond donors (Lipinski definition) is 2. The van der Waals surface area contributed by atoms with Crippen LogP contribution in [0.25, 0.3) is 21.3 Å². The molecule has 0 unspecified atom stereocenters. The third-order valence-electron chi connectivity index (χ3n) is 5.07. The fourth-order valence-corrected chi connectivity index (χ4v) is 4.54. The van der Waals surface area contributed by atoms with Crippen molar-refractivity contribution in [3.05, 3.63) is 75.1 Å². The molecule has 2 amide bonds. The molecule has 4 rings (SSSR count). The van der Waals surface area contributed by atoms with Crippen molar-refractivity contribution in [3.63, 3.8) is 0 Å². The zero-order valence-corrected chi connectivity index (χ0v) is 19.6. The number of halogens is 1. The topological polar surface area (TPSA) is 93.1 Å². The van der Waals surface area contributed by atoms with Crippen LogP contribution >= 0.6 is 22.9 Å². The number of nitrogens with zero attached hydrogens (tertiary/aromatic N) is 2. The summed E-state index contributed by atoms with van der Waals surface area (Å²) >= 11 is 7.58. The molecule has 4 aromatic rings. The number of amides is 2. The minimum atomic E-state index is -0.269. The molecule has 9 heteroatoms. The van der Waals surface area contributed by atoms with Gasteiger partial charge < -0.3 is 10.6 Å². The summed E-state index contributed by atoms with van der Waals surface area (Å²) in [5, 5.41) is 8.18. The average molecular weight is 481 g/mol. The molecule has 168 valence electrons. The number of thiophene rings is 1. The first-order chi connectivity index (χ1) is 15.8. The van der Waals surface area contributed by atoms with Gasteiger partial charge in [-0.3, -0.25) is 19.0 Å². The van der Waals surface area contributed by atoms with Crippen LogP contribution in [-0.2, 0) is 16.1 Å². The van der Waals surface area contributed by atoms with Gasteiger partial charge in [-0.2, -0.15) is 0 Å². The summed E-state index contributed by atoms with van der Waals surface area (Å²) in [5.41, 5.74) is 3.74. The Hall–Kier alpha value is -3.49. The molecule has 0 fully saturated rings. The SMILES string of the molecule is CC(=O)Nc1ccc(NC(=O)CCn2cnc3scc(-c4ccc(C)cc4)c3c2=O)cc1Cl. The Morgan fingerprint density at radius 1 is 1.12 bits per heavy atom. The normalized spacial score (nSPS) is 10.9. The summed E-state index contributed by atoms with van der Waals surface area (Å²) in [6.07, 6.45) is 1.56. The molecule has 0 saturated heterocycles. The molecule has 0 spiro atoms. The molecule has 0 atom stereocenters. The lowest BCUT2D eigenvalue weighted by Gasteiger charge is -2.10. The second-order valence-electron chi connectivity index (χ2n) is 7.61. The summed E-state index contributed by atoms with van der Waals surface area (Å²) in [6.45, 7) is 3.59. The van der Waals surface area contributed by atoms with E-state index in [1.54, 1.807) is 18.2 Å². The van der Waals surface area contributed by atoms with Crippen molar-refractivity contribution >= 4 is 56.3 Å². The fraction of sp³-hybridized carbons (Fsp3) is 0.167. The van der Waals surface area contributed by atoms with Gasteiger partial charge in [-0.1, -0.05) is 41.4 Å². The maximum atomic E-state index is 13.1. The molecular weight excluding hydrogens is 460 g/mol. The second kappa shape index (κ2) is 9.56. The third kappa shape index (κ3) is 5.13. The first-order valence-corrected chi connectivity index (χ1v) is 11.5. The Kier molecular flexibility index (Phi) is 6.57. The third-order valence-corrected chi connectivity index (χ3v) is 6.27. The summed E-state index contributed by atoms with van der Waals surface area (Å²) in [4.78, 5) is 41.9. The van der Waals surface area contributed by atoms with E-state index in [1.807, 2.05) is 36.6 Å². The molecule has 2 aromatic carbocycles. The van der Waals surface area contributed by atoms with E-state index in [0.29, 0.717) is 26.6 Å². The monoisotopic (exact) mass is 480 g/mol. The van der Waals surface area contributed by atoms with Gasteiger partial charge in [-0.25, -0.2) is 4.98 Å². The molecule has 0 bridgehead atoms. The Labute approximate surface area is 199 Å². The Balaban J connectivity index is 1.49. The lowest BCUT2D eigenvalue weighted by Crippen LogP contribution is -2.23. The highest BCUT2D eigenvalue weighted by atomic mass is 35.5. The van der Waals surface area contributed by atoms with Crippen LogP contribution in [0.2, 0.25) is 5.02 Å². The zero-order valence-electron chi connectivity index (χ0n) is 18.0. The smallest absolute Gasteiger partial charge is 0.262 e. The molecule has 2 aromatic heterocycles. The highest BCUT2D eigenvalue weighted by Gasteiger charge is 2.14. The summed E-state index contributed by atoms with van der Waals surface area (Å²) in [6, 6.07) is 12.8. The van der Waals surface area contributed by atoms with E-state index in [-0.39, 0.29) is 30.3 Å². The van der Waals surface area contributed by atoms with Gasteiger partial charge in [0.25, 0.3) is 5.56 Å². The van der Waals surface area contributed by atoms with E-state index in [2.05, 4.69) is 15.6 Å². The standard InChI is InChI=1S/C24H21ClN4O3S/c1-14-3-5-16(6-4-14)18-12-33-23-22(18)24(32)29(13-26-23)10-9-21(31)28-17-7-8-20(19(25)11-17)27-15(2)30/h3-8,11-13H,9-10H2,1-2H3,(H,27,30)(H,28,31). The van der Waals surface area contributed by atoms with Crippen LogP contribution in [0.4, 0.5) is 11.4 Å². The quantitative estimate of drug-likeness (QED) is 0.402. The maximum absolute atomic E-state index is 13.1. The molecule has 2 N–H and O–H groups in total. The van der Waals surface area contributed by atoms with E-state index in [1.165, 1.54) is 29.2 Å². The summed E-state index contributed by atoms with van der Waals surface area (Å²) in [7, 11) is 0. The predicted molar refractivity (Wildman–Crippen MR) is 133 cm³/mol. The number of anilines is 2. The highest BCUT2D eigenvalue weighted by molar-refractivity contribution is 7.17. The summed E-state index contributed by atoms with van der Waals surface area (Å²) < 4.78 is 1.46.